The summed E-state index contributed by atoms with van der Waals surface area (Å²) >= 11 is 0. The lowest BCUT2D eigenvalue weighted by atomic mass is 9.47. The molecule has 6 rings (SSSR count). The quantitative estimate of drug-likeness (QED) is 0.763. The standard InChI is InChI=1S/C20H21N3O4/c24-14-5-6-20(22-26)15-9-12-3-4-13(21-25)17-16(12)19(20,18(14)27-17)7-8-23(15)10-11-1-2-11/h3-4,11,15,18H,1-2,5-10H2. The van der Waals surface area contributed by atoms with Crippen LogP contribution in [0.15, 0.2) is 22.5 Å². The molecule has 0 radical (unpaired) electrons. The van der Waals surface area contributed by atoms with Crippen LogP contribution in [0.3, 0.4) is 0 Å². The maximum atomic E-state index is 12.9. The smallest absolute Gasteiger partial charge is 0.174 e. The average Bonchev–Trinajstić information content (AvgIpc) is 3.43. The second-order valence-corrected chi connectivity index (χ2v) is 8.90. The number of ketones is 1. The van der Waals surface area contributed by atoms with Gasteiger partial charge in [-0.3, -0.25) is 9.69 Å². The summed E-state index contributed by atoms with van der Waals surface area (Å²) in [7, 11) is 0. The SMILES string of the molecule is O=Nc1ccc2c3c1OC1C(=O)CCC4(N=O)C(C2)N(CC2CC2)CCC314. The van der Waals surface area contributed by atoms with Crippen molar-refractivity contribution in [2.75, 3.05) is 13.1 Å². The third kappa shape index (κ3) is 1.70. The van der Waals surface area contributed by atoms with Crippen LogP contribution in [-0.4, -0.2) is 41.5 Å². The van der Waals surface area contributed by atoms with Gasteiger partial charge in [0.15, 0.2) is 17.6 Å². The Bertz CT molecular complexity index is 897. The van der Waals surface area contributed by atoms with Gasteiger partial charge in [-0.2, -0.15) is 4.91 Å². The molecule has 4 unspecified atom stereocenters. The molecule has 0 amide bonds. The van der Waals surface area contributed by atoms with Crippen molar-refractivity contribution in [1.29, 1.82) is 0 Å². The van der Waals surface area contributed by atoms with Crippen LogP contribution >= 0.6 is 0 Å². The van der Waals surface area contributed by atoms with E-state index in [-0.39, 0.29) is 17.5 Å². The predicted octanol–water partition coefficient (Wildman–Crippen LogP) is 2.99. The number of nitrogens with zero attached hydrogens (tertiary/aromatic N) is 3. The van der Waals surface area contributed by atoms with Crippen LogP contribution in [0.1, 0.15) is 43.2 Å². The van der Waals surface area contributed by atoms with Crippen molar-refractivity contribution in [1.82, 2.24) is 4.90 Å². The molecule has 3 fully saturated rings. The maximum absolute atomic E-state index is 12.9. The third-order valence-electron chi connectivity index (χ3n) is 7.82. The number of hydrogen-bond donors (Lipinski definition) is 0. The number of piperidine rings is 1. The Labute approximate surface area is 156 Å². The summed E-state index contributed by atoms with van der Waals surface area (Å²) in [4.78, 5) is 39.1. The van der Waals surface area contributed by atoms with E-state index >= 15 is 0 Å². The minimum atomic E-state index is -0.863. The zero-order chi connectivity index (χ0) is 18.4. The molecule has 2 aliphatic heterocycles. The minimum absolute atomic E-state index is 0.00274. The van der Waals surface area contributed by atoms with E-state index in [1.807, 2.05) is 6.07 Å². The van der Waals surface area contributed by atoms with E-state index in [2.05, 4.69) is 15.3 Å². The van der Waals surface area contributed by atoms with Crippen molar-refractivity contribution in [2.45, 2.75) is 61.6 Å². The van der Waals surface area contributed by atoms with Gasteiger partial charge >= 0.3 is 0 Å². The molecule has 0 aromatic heterocycles. The zero-order valence-electron chi connectivity index (χ0n) is 15.0. The Morgan fingerprint density at radius 3 is 2.81 bits per heavy atom. The van der Waals surface area contributed by atoms with Crippen molar-refractivity contribution in [3.63, 3.8) is 0 Å². The summed E-state index contributed by atoms with van der Waals surface area (Å²) in [6.45, 7) is 1.84. The van der Waals surface area contributed by atoms with E-state index in [0.29, 0.717) is 31.4 Å². The van der Waals surface area contributed by atoms with Gasteiger partial charge in [0.05, 0.1) is 5.41 Å². The second-order valence-electron chi connectivity index (χ2n) is 8.90. The van der Waals surface area contributed by atoms with Gasteiger partial charge in [-0.05, 0) is 61.4 Å². The van der Waals surface area contributed by atoms with Crippen molar-refractivity contribution < 1.29 is 9.53 Å². The summed E-state index contributed by atoms with van der Waals surface area (Å²) in [5.74, 6) is 1.16. The summed E-state index contributed by atoms with van der Waals surface area (Å²) < 4.78 is 6.11. The van der Waals surface area contributed by atoms with Gasteiger partial charge in [-0.25, -0.2) is 0 Å². The number of carbonyl (C=O) groups is 1. The molecule has 5 aliphatic rings. The van der Waals surface area contributed by atoms with Crippen LogP contribution in [0.4, 0.5) is 5.69 Å². The number of carbonyl (C=O) groups excluding carboxylic acids is 1. The fourth-order valence-electron chi connectivity index (χ4n) is 6.52. The van der Waals surface area contributed by atoms with Gasteiger partial charge in [0, 0.05) is 24.6 Å². The number of hydrogen-bond acceptors (Lipinski definition) is 7. The van der Waals surface area contributed by atoms with Crippen LogP contribution in [0, 0.1) is 15.7 Å². The highest BCUT2D eigenvalue weighted by Crippen LogP contribution is 2.66. The summed E-state index contributed by atoms with van der Waals surface area (Å²) in [6, 6.07) is 3.61. The first-order valence-electron chi connectivity index (χ1n) is 9.92. The first-order valence-corrected chi connectivity index (χ1v) is 9.92. The fourth-order valence-corrected chi connectivity index (χ4v) is 6.52. The Morgan fingerprint density at radius 1 is 1.22 bits per heavy atom. The molecule has 1 saturated heterocycles. The van der Waals surface area contributed by atoms with E-state index in [1.165, 1.54) is 12.8 Å². The largest absolute Gasteiger partial charge is 0.479 e. The van der Waals surface area contributed by atoms with E-state index in [4.69, 9.17) is 4.74 Å². The molecule has 1 aromatic rings. The van der Waals surface area contributed by atoms with E-state index < -0.39 is 17.1 Å². The normalized spacial score (nSPS) is 38.9. The molecular formula is C20H21N3O4. The first kappa shape index (κ1) is 15.9. The van der Waals surface area contributed by atoms with Crippen LogP contribution in [-0.2, 0) is 16.6 Å². The van der Waals surface area contributed by atoms with Crippen LogP contribution in [0.5, 0.6) is 5.75 Å². The Kier molecular flexibility index (Phi) is 2.94. The molecule has 27 heavy (non-hydrogen) atoms. The molecule has 3 aliphatic carbocycles. The van der Waals surface area contributed by atoms with Crippen LogP contribution in [0.25, 0.3) is 0 Å². The number of benzene rings is 1. The first-order chi connectivity index (χ1) is 13.1. The maximum Gasteiger partial charge on any atom is 0.174 e. The van der Waals surface area contributed by atoms with Crippen LogP contribution in [0.2, 0.25) is 0 Å². The molecule has 0 N–H and O–H groups in total. The van der Waals surface area contributed by atoms with Gasteiger partial charge in [0.2, 0.25) is 0 Å². The van der Waals surface area contributed by atoms with Crippen molar-refractivity contribution in [3.05, 3.63) is 33.1 Å². The van der Waals surface area contributed by atoms with E-state index in [1.54, 1.807) is 6.07 Å². The lowest BCUT2D eigenvalue weighted by molar-refractivity contribution is -0.141. The summed E-state index contributed by atoms with van der Waals surface area (Å²) in [5.41, 5.74) is 0.583. The molecule has 2 heterocycles. The highest BCUT2D eigenvalue weighted by Gasteiger charge is 2.74. The molecule has 140 valence electrons. The zero-order valence-corrected chi connectivity index (χ0v) is 15.0. The van der Waals surface area contributed by atoms with Crippen molar-refractivity contribution >= 4 is 11.5 Å². The molecule has 2 saturated carbocycles. The Hall–Kier alpha value is -2.15. The molecule has 7 nitrogen and oxygen atoms in total. The van der Waals surface area contributed by atoms with E-state index in [0.717, 1.165) is 30.1 Å². The predicted molar refractivity (Wildman–Crippen MR) is 97.2 cm³/mol. The Morgan fingerprint density at radius 2 is 2.07 bits per heavy atom. The molecular weight excluding hydrogens is 346 g/mol. The minimum Gasteiger partial charge on any atom is -0.479 e. The molecule has 2 bridgehead atoms. The summed E-state index contributed by atoms with van der Waals surface area (Å²) in [5, 5.41) is 6.92. The van der Waals surface area contributed by atoms with Crippen molar-refractivity contribution in [3.8, 4) is 5.75 Å². The second kappa shape index (κ2) is 5.01. The van der Waals surface area contributed by atoms with Gasteiger partial charge in [-0.1, -0.05) is 11.2 Å². The summed E-state index contributed by atoms with van der Waals surface area (Å²) in [6.07, 6.45) is 3.96. The number of Topliss-reactive ketones (excluding diaryl/α,β-unsaturated/α-hetero) is 1. The lowest BCUT2D eigenvalue weighted by Gasteiger charge is -2.61. The third-order valence-corrected chi connectivity index (χ3v) is 7.82. The van der Waals surface area contributed by atoms with E-state index in [9.17, 15) is 14.6 Å². The molecule has 1 aromatic carbocycles. The fraction of sp³-hybridized carbons (Fsp3) is 0.650. The van der Waals surface area contributed by atoms with Gasteiger partial charge < -0.3 is 4.74 Å². The molecule has 4 atom stereocenters. The van der Waals surface area contributed by atoms with Crippen molar-refractivity contribution in [2.24, 2.45) is 16.3 Å². The van der Waals surface area contributed by atoms with Crippen LogP contribution < -0.4 is 4.74 Å². The number of ether oxygens (including phenoxy) is 1. The monoisotopic (exact) mass is 367 g/mol. The average molecular weight is 367 g/mol. The van der Waals surface area contributed by atoms with Gasteiger partial charge in [0.1, 0.15) is 11.2 Å². The topological polar surface area (TPSA) is 88.4 Å². The molecule has 7 heteroatoms. The highest BCUT2D eigenvalue weighted by molar-refractivity contribution is 5.90. The number of nitroso groups, excluding NO2 is 2. The van der Waals surface area contributed by atoms with Gasteiger partial charge in [0.25, 0.3) is 0 Å². The highest BCUT2D eigenvalue weighted by atomic mass is 16.5. The number of rotatable bonds is 4. The van der Waals surface area contributed by atoms with Gasteiger partial charge in [-0.15, -0.1) is 4.91 Å². The number of likely N-dealkylation sites (tertiary alicyclic amines) is 1. The Balaban J connectivity index is 1.61. The molecule has 1 spiro atoms. The lowest BCUT2D eigenvalue weighted by Crippen LogP contribution is -2.75.